The van der Waals surface area contributed by atoms with Crippen molar-refractivity contribution in [3.8, 4) is 11.5 Å². The third kappa shape index (κ3) is 4.05. The van der Waals surface area contributed by atoms with Crippen LogP contribution in [0.3, 0.4) is 0 Å². The minimum Gasteiger partial charge on any atom is -0.454 e. The first-order valence-electron chi connectivity index (χ1n) is 6.62. The summed E-state index contributed by atoms with van der Waals surface area (Å²) in [6, 6.07) is 12.4. The first kappa shape index (κ1) is 15.0. The first-order valence-corrected chi connectivity index (χ1v) is 7.41. The Hall–Kier alpha value is -1.39. The predicted octanol–water partition coefficient (Wildman–Crippen LogP) is 4.88. The number of para-hydroxylation sites is 1. The van der Waals surface area contributed by atoms with Crippen molar-refractivity contribution >= 4 is 15.9 Å². The van der Waals surface area contributed by atoms with Crippen LogP contribution in [0.5, 0.6) is 11.5 Å². The van der Waals surface area contributed by atoms with Crippen LogP contribution in [0.2, 0.25) is 0 Å². The van der Waals surface area contributed by atoms with Crippen LogP contribution in [0.15, 0.2) is 46.9 Å². The highest BCUT2D eigenvalue weighted by molar-refractivity contribution is 9.10. The molecule has 20 heavy (non-hydrogen) atoms. The summed E-state index contributed by atoms with van der Waals surface area (Å²) in [5.41, 5.74) is 0.818. The second-order valence-electron chi connectivity index (χ2n) is 4.46. The third-order valence-corrected chi connectivity index (χ3v) is 3.30. The Morgan fingerprint density at radius 1 is 1.20 bits per heavy atom. The Labute approximate surface area is 127 Å². The molecule has 0 saturated heterocycles. The van der Waals surface area contributed by atoms with Crippen LogP contribution in [0, 0.1) is 5.82 Å². The van der Waals surface area contributed by atoms with E-state index in [2.05, 4.69) is 28.2 Å². The molecule has 2 aromatic carbocycles. The summed E-state index contributed by atoms with van der Waals surface area (Å²) in [5, 5.41) is 3.26. The molecule has 0 atom stereocenters. The van der Waals surface area contributed by atoms with E-state index in [-0.39, 0.29) is 11.6 Å². The zero-order chi connectivity index (χ0) is 14.4. The Kier molecular flexibility index (Phi) is 5.56. The fraction of sp³-hybridized carbons (Fsp3) is 0.250. The fourth-order valence-electron chi connectivity index (χ4n) is 1.86. The van der Waals surface area contributed by atoms with Crippen LogP contribution >= 0.6 is 15.9 Å². The van der Waals surface area contributed by atoms with Crippen LogP contribution in [-0.4, -0.2) is 6.54 Å². The summed E-state index contributed by atoms with van der Waals surface area (Å²) in [6.07, 6.45) is 1.04. The number of ether oxygens (including phenoxy) is 1. The topological polar surface area (TPSA) is 21.3 Å². The molecule has 0 heterocycles. The summed E-state index contributed by atoms with van der Waals surface area (Å²) in [6.45, 7) is 3.58. The lowest BCUT2D eigenvalue weighted by Gasteiger charge is -2.13. The number of halogens is 2. The number of nitrogens with one attached hydrogen (secondary N) is 1. The van der Waals surface area contributed by atoms with Crippen LogP contribution < -0.4 is 10.1 Å². The molecule has 0 spiro atoms. The molecule has 0 aliphatic carbocycles. The molecule has 2 nitrogen and oxygen atoms in total. The van der Waals surface area contributed by atoms with E-state index in [9.17, 15) is 4.39 Å². The number of benzene rings is 2. The van der Waals surface area contributed by atoms with E-state index in [0.29, 0.717) is 12.3 Å². The molecular formula is C16H17BrFNO. The van der Waals surface area contributed by atoms with E-state index < -0.39 is 0 Å². The van der Waals surface area contributed by atoms with Crippen molar-refractivity contribution < 1.29 is 9.13 Å². The minimum absolute atomic E-state index is 0.286. The Morgan fingerprint density at radius 3 is 2.75 bits per heavy atom. The van der Waals surface area contributed by atoms with E-state index in [1.165, 1.54) is 6.07 Å². The van der Waals surface area contributed by atoms with E-state index in [0.717, 1.165) is 23.0 Å². The van der Waals surface area contributed by atoms with Gasteiger partial charge in [0.1, 0.15) is 5.75 Å². The number of hydrogen-bond acceptors (Lipinski definition) is 2. The summed E-state index contributed by atoms with van der Waals surface area (Å²) in [7, 11) is 0. The monoisotopic (exact) mass is 337 g/mol. The van der Waals surface area contributed by atoms with E-state index >= 15 is 0 Å². The second kappa shape index (κ2) is 7.41. The molecule has 0 aliphatic heterocycles. The number of rotatable bonds is 6. The van der Waals surface area contributed by atoms with Crippen LogP contribution in [0.1, 0.15) is 18.9 Å². The summed E-state index contributed by atoms with van der Waals surface area (Å²) in [4.78, 5) is 0. The third-order valence-electron chi connectivity index (χ3n) is 2.81. The van der Waals surface area contributed by atoms with Gasteiger partial charge in [0, 0.05) is 16.6 Å². The highest BCUT2D eigenvalue weighted by atomic mass is 79.9. The zero-order valence-electron chi connectivity index (χ0n) is 11.3. The molecular weight excluding hydrogens is 321 g/mol. The lowest BCUT2D eigenvalue weighted by atomic mass is 10.2. The molecule has 106 valence electrons. The van der Waals surface area contributed by atoms with Gasteiger partial charge in [-0.2, -0.15) is 0 Å². The molecule has 0 aliphatic rings. The molecule has 2 rings (SSSR count). The van der Waals surface area contributed by atoms with Gasteiger partial charge in [-0.05, 0) is 37.2 Å². The van der Waals surface area contributed by atoms with Gasteiger partial charge in [-0.1, -0.05) is 41.1 Å². The van der Waals surface area contributed by atoms with Crippen LogP contribution in [-0.2, 0) is 6.54 Å². The smallest absolute Gasteiger partial charge is 0.167 e. The molecule has 0 unspecified atom stereocenters. The second-order valence-corrected chi connectivity index (χ2v) is 5.38. The van der Waals surface area contributed by atoms with Gasteiger partial charge in [0.15, 0.2) is 11.6 Å². The van der Waals surface area contributed by atoms with Crippen molar-refractivity contribution in [2.75, 3.05) is 6.54 Å². The van der Waals surface area contributed by atoms with Gasteiger partial charge in [0.25, 0.3) is 0 Å². The first-order chi connectivity index (χ1) is 9.70. The van der Waals surface area contributed by atoms with Gasteiger partial charge in [-0.3, -0.25) is 0 Å². The van der Waals surface area contributed by atoms with Gasteiger partial charge in [0.2, 0.25) is 0 Å². The molecule has 2 aromatic rings. The SMILES string of the molecule is CCCNCc1cccc(F)c1Oc1cccc(Br)c1. The van der Waals surface area contributed by atoms with Crippen molar-refractivity contribution in [2.45, 2.75) is 19.9 Å². The number of hydrogen-bond donors (Lipinski definition) is 1. The molecule has 0 aromatic heterocycles. The Bertz CT molecular complexity index is 574. The Balaban J connectivity index is 2.21. The van der Waals surface area contributed by atoms with Crippen LogP contribution in [0.25, 0.3) is 0 Å². The zero-order valence-corrected chi connectivity index (χ0v) is 12.9. The predicted molar refractivity (Wildman–Crippen MR) is 82.6 cm³/mol. The molecule has 0 amide bonds. The molecule has 0 saturated carbocycles. The van der Waals surface area contributed by atoms with E-state index in [4.69, 9.17) is 4.74 Å². The van der Waals surface area contributed by atoms with Gasteiger partial charge >= 0.3 is 0 Å². The van der Waals surface area contributed by atoms with Gasteiger partial charge in [0.05, 0.1) is 0 Å². The van der Waals surface area contributed by atoms with Crippen molar-refractivity contribution in [2.24, 2.45) is 0 Å². The van der Waals surface area contributed by atoms with Crippen molar-refractivity contribution in [3.63, 3.8) is 0 Å². The molecule has 4 heteroatoms. The quantitative estimate of drug-likeness (QED) is 0.758. The lowest BCUT2D eigenvalue weighted by Crippen LogP contribution is -2.14. The van der Waals surface area contributed by atoms with Gasteiger partial charge in [-0.15, -0.1) is 0 Å². The maximum atomic E-state index is 14.0. The highest BCUT2D eigenvalue weighted by Gasteiger charge is 2.10. The highest BCUT2D eigenvalue weighted by Crippen LogP contribution is 2.29. The maximum Gasteiger partial charge on any atom is 0.167 e. The largest absolute Gasteiger partial charge is 0.454 e. The van der Waals surface area contributed by atoms with Gasteiger partial charge < -0.3 is 10.1 Å². The van der Waals surface area contributed by atoms with Gasteiger partial charge in [-0.25, -0.2) is 4.39 Å². The average Bonchev–Trinajstić information content (AvgIpc) is 2.43. The molecule has 1 N–H and O–H groups in total. The fourth-order valence-corrected chi connectivity index (χ4v) is 2.23. The molecule has 0 bridgehead atoms. The van der Waals surface area contributed by atoms with Crippen molar-refractivity contribution in [3.05, 3.63) is 58.3 Å². The Morgan fingerprint density at radius 2 is 2.00 bits per heavy atom. The average molecular weight is 338 g/mol. The molecule has 0 fully saturated rings. The summed E-state index contributed by atoms with van der Waals surface area (Å²) >= 11 is 3.38. The lowest BCUT2D eigenvalue weighted by molar-refractivity contribution is 0.433. The van der Waals surface area contributed by atoms with Crippen molar-refractivity contribution in [1.29, 1.82) is 0 Å². The summed E-state index contributed by atoms with van der Waals surface area (Å²) < 4.78 is 20.6. The van der Waals surface area contributed by atoms with Crippen molar-refractivity contribution in [1.82, 2.24) is 5.32 Å². The minimum atomic E-state index is -0.347. The van der Waals surface area contributed by atoms with E-state index in [1.54, 1.807) is 12.1 Å². The molecule has 0 radical (unpaired) electrons. The van der Waals surface area contributed by atoms with Crippen LogP contribution in [0.4, 0.5) is 4.39 Å². The van der Waals surface area contributed by atoms with E-state index in [1.807, 2.05) is 24.3 Å². The maximum absolute atomic E-state index is 14.0. The summed E-state index contributed by atoms with van der Waals surface area (Å²) in [5.74, 6) is 0.552. The normalized spacial score (nSPS) is 10.6. The standard InChI is InChI=1S/C16H17BrFNO/c1-2-9-19-11-12-5-3-8-15(18)16(12)20-14-7-4-6-13(17)10-14/h3-8,10,19H,2,9,11H2,1H3.